The molecule has 3 rings (SSSR count). The smallest absolute Gasteiger partial charge is 0.275 e. The molecule has 0 saturated carbocycles. The molecule has 0 aliphatic rings. The van der Waals surface area contributed by atoms with Crippen LogP contribution >= 0.6 is 0 Å². The van der Waals surface area contributed by atoms with E-state index in [2.05, 4.69) is 25.3 Å². The lowest BCUT2D eigenvalue weighted by Gasteiger charge is -2.16. The van der Waals surface area contributed by atoms with Crippen LogP contribution in [0.3, 0.4) is 0 Å². The summed E-state index contributed by atoms with van der Waals surface area (Å²) in [6, 6.07) is 7.86. The number of halogens is 1. The largest absolute Gasteiger partial charge is 0.369 e. The number of benzene rings is 1. The molecule has 166 valence electrons. The minimum Gasteiger partial charge on any atom is -0.369 e. The number of H-pyrrole nitrogens is 1. The van der Waals surface area contributed by atoms with Crippen LogP contribution in [0.1, 0.15) is 29.4 Å². The number of amides is 2. The van der Waals surface area contributed by atoms with E-state index in [0.29, 0.717) is 23.5 Å². The molecule has 10 heteroatoms. The van der Waals surface area contributed by atoms with Gasteiger partial charge in [0.25, 0.3) is 5.91 Å². The molecule has 0 spiro atoms. The fourth-order valence-corrected chi connectivity index (χ4v) is 2.92. The van der Waals surface area contributed by atoms with E-state index in [1.807, 2.05) is 19.1 Å². The summed E-state index contributed by atoms with van der Waals surface area (Å²) in [5.41, 5.74) is 7.91. The highest BCUT2D eigenvalue weighted by molar-refractivity contribution is 6.02. The van der Waals surface area contributed by atoms with Gasteiger partial charge in [-0.1, -0.05) is 0 Å². The number of aliphatic imine (C=N–C) groups is 1. The lowest BCUT2D eigenvalue weighted by molar-refractivity contribution is -0.126. The molecular weight excluding hydrogens is 413 g/mol. The Bertz CT molecular complexity index is 1110. The first-order chi connectivity index (χ1) is 15.4. The van der Waals surface area contributed by atoms with Crippen LogP contribution in [0.2, 0.25) is 0 Å². The van der Waals surface area contributed by atoms with Gasteiger partial charge < -0.3 is 16.0 Å². The highest BCUT2D eigenvalue weighted by Gasteiger charge is 2.15. The number of aromatic amines is 1. The molecule has 2 aromatic heterocycles. The number of nitrogens with two attached hydrogens (primary N) is 1. The van der Waals surface area contributed by atoms with Crippen LogP contribution in [0.4, 0.5) is 10.1 Å². The Morgan fingerprint density at radius 3 is 2.72 bits per heavy atom. The maximum absolute atomic E-state index is 14.2. The highest BCUT2D eigenvalue weighted by atomic mass is 19.1. The van der Waals surface area contributed by atoms with E-state index in [1.165, 1.54) is 42.5 Å². The number of carbonyl (C=O) groups excluding carboxylic acids is 2. The van der Waals surface area contributed by atoms with Gasteiger partial charge >= 0.3 is 0 Å². The SMILES string of the molecule is CCN=C(N)N(C)C(=O)CCc1cc(NC(=O)c2cnc(-c3ccc[nH]3)cn2)ccc1F. The normalized spacial score (nSPS) is 11.3. The minimum atomic E-state index is -0.479. The number of rotatable bonds is 7. The second-order valence-corrected chi connectivity index (χ2v) is 6.92. The molecule has 0 aliphatic carbocycles. The molecule has 3 aromatic rings. The Labute approximate surface area is 184 Å². The second-order valence-electron chi connectivity index (χ2n) is 6.92. The number of carbonyl (C=O) groups is 2. The second kappa shape index (κ2) is 10.3. The van der Waals surface area contributed by atoms with E-state index < -0.39 is 11.7 Å². The van der Waals surface area contributed by atoms with E-state index in [-0.39, 0.29) is 30.4 Å². The average Bonchev–Trinajstić information content (AvgIpc) is 3.34. The molecule has 0 bridgehead atoms. The summed E-state index contributed by atoms with van der Waals surface area (Å²) in [7, 11) is 1.52. The van der Waals surface area contributed by atoms with Crippen molar-refractivity contribution in [3.05, 3.63) is 66.0 Å². The number of hydrogen-bond acceptors (Lipinski definition) is 5. The van der Waals surface area contributed by atoms with Crippen molar-refractivity contribution in [2.75, 3.05) is 18.9 Å². The van der Waals surface area contributed by atoms with Crippen molar-refractivity contribution < 1.29 is 14.0 Å². The molecule has 0 unspecified atom stereocenters. The summed E-state index contributed by atoms with van der Waals surface area (Å²) in [4.78, 5) is 41.4. The molecular formula is C22H24FN7O2. The van der Waals surface area contributed by atoms with Gasteiger partial charge in [0.05, 0.1) is 18.1 Å². The van der Waals surface area contributed by atoms with Gasteiger partial charge in [-0.15, -0.1) is 0 Å². The third-order valence-electron chi connectivity index (χ3n) is 4.71. The zero-order valence-electron chi connectivity index (χ0n) is 17.8. The fourth-order valence-electron chi connectivity index (χ4n) is 2.92. The quantitative estimate of drug-likeness (QED) is 0.386. The standard InChI is InChI=1S/C22H24FN7O2/c1-3-25-22(24)30(2)20(31)9-6-14-11-15(7-8-16(14)23)29-21(32)19-13-27-18(12-28-19)17-5-4-10-26-17/h4-5,7-8,10-13,26H,3,6,9H2,1-2H3,(H2,24,25)(H,29,32). The summed E-state index contributed by atoms with van der Waals surface area (Å²) in [5.74, 6) is -1.12. The zero-order valence-corrected chi connectivity index (χ0v) is 17.8. The molecule has 32 heavy (non-hydrogen) atoms. The molecule has 9 nitrogen and oxygen atoms in total. The molecule has 0 fully saturated rings. The van der Waals surface area contributed by atoms with Crippen molar-refractivity contribution in [3.63, 3.8) is 0 Å². The summed E-state index contributed by atoms with van der Waals surface area (Å²) in [5, 5.41) is 2.68. The number of aromatic nitrogens is 3. The van der Waals surface area contributed by atoms with Crippen molar-refractivity contribution in [2.45, 2.75) is 19.8 Å². The maximum Gasteiger partial charge on any atom is 0.275 e. The summed E-state index contributed by atoms with van der Waals surface area (Å²) in [6.45, 7) is 2.26. The Morgan fingerprint density at radius 2 is 2.06 bits per heavy atom. The van der Waals surface area contributed by atoms with Gasteiger partial charge in [-0.3, -0.25) is 24.5 Å². The highest BCUT2D eigenvalue weighted by Crippen LogP contribution is 2.18. The predicted molar refractivity (Wildman–Crippen MR) is 119 cm³/mol. The number of anilines is 1. The lowest BCUT2D eigenvalue weighted by Crippen LogP contribution is -2.39. The lowest BCUT2D eigenvalue weighted by atomic mass is 10.1. The molecule has 1 aromatic carbocycles. The van der Waals surface area contributed by atoms with Crippen molar-refractivity contribution >= 4 is 23.5 Å². The number of guanidine groups is 1. The van der Waals surface area contributed by atoms with Crippen molar-refractivity contribution in [1.82, 2.24) is 19.9 Å². The fraction of sp³-hybridized carbons (Fsp3) is 0.227. The topological polar surface area (TPSA) is 129 Å². The first kappa shape index (κ1) is 22.6. The molecule has 0 radical (unpaired) electrons. The van der Waals surface area contributed by atoms with Gasteiger partial charge in [0.15, 0.2) is 5.96 Å². The van der Waals surface area contributed by atoms with Crippen molar-refractivity contribution in [3.8, 4) is 11.4 Å². The van der Waals surface area contributed by atoms with Gasteiger partial charge in [-0.05, 0) is 49.2 Å². The van der Waals surface area contributed by atoms with Crippen LogP contribution in [-0.4, -0.2) is 51.2 Å². The van der Waals surface area contributed by atoms with Gasteiger partial charge in [-0.2, -0.15) is 0 Å². The van der Waals surface area contributed by atoms with E-state index in [9.17, 15) is 14.0 Å². The predicted octanol–water partition coefficient (Wildman–Crippen LogP) is 2.59. The van der Waals surface area contributed by atoms with Gasteiger partial charge in [0.1, 0.15) is 17.2 Å². The average molecular weight is 437 g/mol. The molecule has 0 aliphatic heterocycles. The number of nitrogens with one attached hydrogen (secondary N) is 2. The Kier molecular flexibility index (Phi) is 7.27. The van der Waals surface area contributed by atoms with Crippen molar-refractivity contribution in [2.24, 2.45) is 10.7 Å². The Balaban J connectivity index is 1.64. The zero-order chi connectivity index (χ0) is 23.1. The summed E-state index contributed by atoms with van der Waals surface area (Å²) < 4.78 is 14.2. The third-order valence-corrected chi connectivity index (χ3v) is 4.71. The van der Waals surface area contributed by atoms with Crippen LogP contribution in [0.15, 0.2) is 53.9 Å². The number of hydrogen-bond donors (Lipinski definition) is 3. The van der Waals surface area contributed by atoms with Crippen LogP contribution in [0, 0.1) is 5.82 Å². The summed E-state index contributed by atoms with van der Waals surface area (Å²) >= 11 is 0. The van der Waals surface area contributed by atoms with Gasteiger partial charge in [0.2, 0.25) is 5.91 Å². The maximum atomic E-state index is 14.2. The van der Waals surface area contributed by atoms with E-state index in [4.69, 9.17) is 5.73 Å². The molecule has 2 heterocycles. The monoisotopic (exact) mass is 437 g/mol. The molecule has 0 saturated heterocycles. The first-order valence-corrected chi connectivity index (χ1v) is 10.0. The van der Waals surface area contributed by atoms with E-state index >= 15 is 0 Å². The third kappa shape index (κ3) is 5.54. The van der Waals surface area contributed by atoms with Gasteiger partial charge in [0, 0.05) is 31.9 Å². The molecule has 4 N–H and O–H groups in total. The number of aryl methyl sites for hydroxylation is 1. The molecule has 2 amide bonds. The molecule has 0 atom stereocenters. The van der Waals surface area contributed by atoms with Crippen molar-refractivity contribution in [1.29, 1.82) is 0 Å². The van der Waals surface area contributed by atoms with Crippen LogP contribution < -0.4 is 11.1 Å². The van der Waals surface area contributed by atoms with Crippen LogP contribution in [0.5, 0.6) is 0 Å². The van der Waals surface area contributed by atoms with Crippen LogP contribution in [0.25, 0.3) is 11.4 Å². The van der Waals surface area contributed by atoms with E-state index in [0.717, 1.165) is 5.69 Å². The minimum absolute atomic E-state index is 0.0381. The van der Waals surface area contributed by atoms with E-state index in [1.54, 1.807) is 6.20 Å². The Hall–Kier alpha value is -4.08. The summed E-state index contributed by atoms with van der Waals surface area (Å²) in [6.07, 6.45) is 4.81. The first-order valence-electron chi connectivity index (χ1n) is 10.0. The Morgan fingerprint density at radius 1 is 1.25 bits per heavy atom. The van der Waals surface area contributed by atoms with Crippen LogP contribution in [-0.2, 0) is 11.2 Å². The van der Waals surface area contributed by atoms with Gasteiger partial charge in [-0.25, -0.2) is 9.37 Å². The number of nitrogens with zero attached hydrogens (tertiary/aromatic N) is 4.